The Bertz CT molecular complexity index is 1270. The molecule has 0 fully saturated rings. The van der Waals surface area contributed by atoms with Crippen LogP contribution in [0.25, 0.3) is 5.57 Å². The molecule has 3 amide bonds. The van der Waals surface area contributed by atoms with E-state index < -0.39 is 11.8 Å². The van der Waals surface area contributed by atoms with Gasteiger partial charge in [-0.3, -0.25) is 24.3 Å². The Hall–Kier alpha value is -3.97. The first-order valence-electron chi connectivity index (χ1n) is 10.2. The highest BCUT2D eigenvalue weighted by Gasteiger charge is 2.39. The van der Waals surface area contributed by atoms with Crippen LogP contribution in [0.4, 0.5) is 11.4 Å². The number of carbonyl (C=O) groups excluding carboxylic acids is 3. The zero-order valence-electron chi connectivity index (χ0n) is 18.1. The Balaban J connectivity index is 1.74. The fraction of sp³-hybridized carbons (Fsp3) is 0.120. The van der Waals surface area contributed by atoms with E-state index in [2.05, 4.69) is 15.6 Å². The summed E-state index contributed by atoms with van der Waals surface area (Å²) in [7, 11) is 0. The summed E-state index contributed by atoms with van der Waals surface area (Å²) in [4.78, 5) is 43.5. The van der Waals surface area contributed by atoms with Gasteiger partial charge in [0.1, 0.15) is 5.70 Å². The van der Waals surface area contributed by atoms with Crippen LogP contribution in [0.1, 0.15) is 23.7 Å². The highest BCUT2D eigenvalue weighted by molar-refractivity contribution is 6.36. The van der Waals surface area contributed by atoms with Crippen molar-refractivity contribution in [1.29, 1.82) is 0 Å². The zero-order chi connectivity index (χ0) is 23.5. The molecular weight excluding hydrogens is 440 g/mol. The van der Waals surface area contributed by atoms with Crippen molar-refractivity contribution in [2.45, 2.75) is 20.4 Å². The lowest BCUT2D eigenvalue weighted by Gasteiger charge is -2.15. The second-order valence-electron chi connectivity index (χ2n) is 7.61. The van der Waals surface area contributed by atoms with Gasteiger partial charge in [-0.15, -0.1) is 0 Å². The normalized spacial score (nSPS) is 13.5. The zero-order valence-corrected chi connectivity index (χ0v) is 18.8. The van der Waals surface area contributed by atoms with Gasteiger partial charge in [0, 0.05) is 29.5 Å². The fourth-order valence-electron chi connectivity index (χ4n) is 3.58. The van der Waals surface area contributed by atoms with Crippen LogP contribution in [0, 0.1) is 6.92 Å². The Kier molecular flexibility index (Phi) is 6.24. The van der Waals surface area contributed by atoms with E-state index in [-0.39, 0.29) is 23.7 Å². The van der Waals surface area contributed by atoms with Gasteiger partial charge in [0.05, 0.1) is 17.8 Å². The molecule has 0 radical (unpaired) electrons. The number of benzene rings is 2. The van der Waals surface area contributed by atoms with Gasteiger partial charge >= 0.3 is 0 Å². The van der Waals surface area contributed by atoms with Crippen molar-refractivity contribution in [3.8, 4) is 0 Å². The molecule has 2 heterocycles. The number of amides is 3. The Morgan fingerprint density at radius 3 is 2.42 bits per heavy atom. The summed E-state index contributed by atoms with van der Waals surface area (Å²) in [6.07, 6.45) is 1.62. The summed E-state index contributed by atoms with van der Waals surface area (Å²) in [5, 5.41) is 6.42. The van der Waals surface area contributed by atoms with Gasteiger partial charge in [-0.1, -0.05) is 29.8 Å². The molecule has 166 valence electrons. The van der Waals surface area contributed by atoms with Crippen molar-refractivity contribution in [1.82, 2.24) is 9.88 Å². The minimum absolute atomic E-state index is 0.0523. The van der Waals surface area contributed by atoms with Crippen molar-refractivity contribution in [2.75, 3.05) is 10.6 Å². The molecule has 33 heavy (non-hydrogen) atoms. The van der Waals surface area contributed by atoms with E-state index in [0.717, 1.165) is 5.56 Å². The topological polar surface area (TPSA) is 91.4 Å². The van der Waals surface area contributed by atoms with Crippen LogP contribution in [0.3, 0.4) is 0 Å². The lowest BCUT2D eigenvalue weighted by Crippen LogP contribution is -2.32. The number of nitrogens with zero attached hydrogens (tertiary/aromatic N) is 2. The van der Waals surface area contributed by atoms with E-state index in [0.29, 0.717) is 27.7 Å². The quantitative estimate of drug-likeness (QED) is 0.532. The third-order valence-corrected chi connectivity index (χ3v) is 5.39. The number of nitrogens with one attached hydrogen (secondary N) is 2. The molecule has 0 saturated carbocycles. The van der Waals surface area contributed by atoms with Gasteiger partial charge in [0.15, 0.2) is 0 Å². The predicted octanol–water partition coefficient (Wildman–Crippen LogP) is 4.39. The third-order valence-electron chi connectivity index (χ3n) is 5.16. The number of pyridine rings is 1. The smallest absolute Gasteiger partial charge is 0.278 e. The van der Waals surface area contributed by atoms with Crippen molar-refractivity contribution in [2.24, 2.45) is 0 Å². The lowest BCUT2D eigenvalue weighted by molar-refractivity contribution is -0.137. The molecule has 1 aromatic heterocycles. The van der Waals surface area contributed by atoms with Gasteiger partial charge in [-0.05, 0) is 60.5 Å². The summed E-state index contributed by atoms with van der Waals surface area (Å²) < 4.78 is 0. The van der Waals surface area contributed by atoms with Gasteiger partial charge in [0.2, 0.25) is 5.91 Å². The monoisotopic (exact) mass is 460 g/mol. The number of imide groups is 1. The number of halogens is 1. The molecule has 3 aromatic rings. The molecule has 0 saturated heterocycles. The molecule has 1 aliphatic heterocycles. The van der Waals surface area contributed by atoms with Gasteiger partial charge in [-0.25, -0.2) is 0 Å². The highest BCUT2D eigenvalue weighted by Crippen LogP contribution is 2.33. The number of rotatable bonds is 6. The largest absolute Gasteiger partial charge is 0.350 e. The molecule has 1 aliphatic rings. The van der Waals surface area contributed by atoms with Crippen LogP contribution >= 0.6 is 11.6 Å². The van der Waals surface area contributed by atoms with Crippen LogP contribution in [-0.2, 0) is 20.9 Å². The minimum Gasteiger partial charge on any atom is -0.350 e. The summed E-state index contributed by atoms with van der Waals surface area (Å²) in [5.74, 6) is -1.07. The second-order valence-corrected chi connectivity index (χ2v) is 8.05. The third kappa shape index (κ3) is 4.78. The number of aromatic nitrogens is 1. The molecule has 0 atom stereocenters. The molecule has 0 aliphatic carbocycles. The molecule has 2 aromatic carbocycles. The molecule has 8 heteroatoms. The second kappa shape index (κ2) is 9.26. The van der Waals surface area contributed by atoms with Gasteiger partial charge in [-0.2, -0.15) is 0 Å². The Morgan fingerprint density at radius 1 is 1.03 bits per heavy atom. The van der Waals surface area contributed by atoms with E-state index in [4.69, 9.17) is 11.6 Å². The van der Waals surface area contributed by atoms with E-state index in [1.165, 1.54) is 11.8 Å². The standard InChI is InChI=1S/C25H21ClN4O3/c1-15-13-18(26)8-11-21(15)29-23-22(17-6-9-19(10-7-17)28-16(2)31)24(32)30(25(23)33)14-20-5-3-4-12-27-20/h3-13,29H,14H2,1-2H3,(H,28,31). The summed E-state index contributed by atoms with van der Waals surface area (Å²) in [5.41, 5.74) is 3.68. The maximum atomic E-state index is 13.4. The lowest BCUT2D eigenvalue weighted by atomic mass is 10.0. The maximum Gasteiger partial charge on any atom is 0.278 e. The first kappa shape index (κ1) is 22.2. The van der Waals surface area contributed by atoms with E-state index >= 15 is 0 Å². The minimum atomic E-state index is -0.444. The molecule has 4 rings (SSSR count). The molecule has 0 spiro atoms. The number of hydrogen-bond acceptors (Lipinski definition) is 5. The van der Waals surface area contributed by atoms with Crippen LogP contribution < -0.4 is 10.6 Å². The number of aryl methyl sites for hydroxylation is 1. The summed E-state index contributed by atoms with van der Waals surface area (Å²) >= 11 is 6.07. The van der Waals surface area contributed by atoms with Crippen LogP contribution in [-0.4, -0.2) is 27.6 Å². The number of anilines is 2. The number of hydrogen-bond donors (Lipinski definition) is 2. The van der Waals surface area contributed by atoms with E-state index in [1.54, 1.807) is 66.9 Å². The molecular formula is C25H21ClN4O3. The van der Waals surface area contributed by atoms with Crippen LogP contribution in [0.5, 0.6) is 0 Å². The van der Waals surface area contributed by atoms with Crippen molar-refractivity contribution >= 4 is 46.3 Å². The first-order valence-corrected chi connectivity index (χ1v) is 10.6. The van der Waals surface area contributed by atoms with Crippen molar-refractivity contribution < 1.29 is 14.4 Å². The highest BCUT2D eigenvalue weighted by atomic mass is 35.5. The van der Waals surface area contributed by atoms with Crippen LogP contribution in [0.15, 0.2) is 72.6 Å². The average molecular weight is 461 g/mol. The fourth-order valence-corrected chi connectivity index (χ4v) is 3.81. The number of carbonyl (C=O) groups is 3. The van der Waals surface area contributed by atoms with Gasteiger partial charge < -0.3 is 10.6 Å². The molecule has 7 nitrogen and oxygen atoms in total. The Labute approximate surface area is 196 Å². The maximum absolute atomic E-state index is 13.4. The average Bonchev–Trinajstić information content (AvgIpc) is 3.01. The summed E-state index contributed by atoms with van der Waals surface area (Å²) in [6.45, 7) is 3.34. The molecule has 2 N–H and O–H groups in total. The predicted molar refractivity (Wildman–Crippen MR) is 127 cm³/mol. The van der Waals surface area contributed by atoms with Crippen molar-refractivity contribution in [3.63, 3.8) is 0 Å². The van der Waals surface area contributed by atoms with Crippen molar-refractivity contribution in [3.05, 3.63) is 94.4 Å². The molecule has 0 unspecified atom stereocenters. The first-order chi connectivity index (χ1) is 15.8. The SMILES string of the molecule is CC(=O)Nc1ccc(C2=C(Nc3ccc(Cl)cc3C)C(=O)N(Cc3ccccn3)C2=O)cc1. The Morgan fingerprint density at radius 2 is 1.79 bits per heavy atom. The molecule has 0 bridgehead atoms. The van der Waals surface area contributed by atoms with Crippen LogP contribution in [0.2, 0.25) is 5.02 Å². The summed E-state index contributed by atoms with van der Waals surface area (Å²) in [6, 6.07) is 17.4. The van der Waals surface area contributed by atoms with Gasteiger partial charge in [0.25, 0.3) is 11.8 Å². The van der Waals surface area contributed by atoms with E-state index in [9.17, 15) is 14.4 Å². The van der Waals surface area contributed by atoms with E-state index in [1.807, 2.05) is 6.92 Å².